The van der Waals surface area contributed by atoms with Crippen LogP contribution in [-0.2, 0) is 9.84 Å². The zero-order chi connectivity index (χ0) is 12.0. The van der Waals surface area contributed by atoms with Crippen LogP contribution in [0.1, 0.15) is 26.2 Å². The predicted octanol–water partition coefficient (Wildman–Crippen LogP) is 0.495. The van der Waals surface area contributed by atoms with Crippen molar-refractivity contribution >= 4 is 9.84 Å². The van der Waals surface area contributed by atoms with Crippen molar-refractivity contribution in [3.8, 4) is 0 Å². The van der Waals surface area contributed by atoms with E-state index in [2.05, 4.69) is 17.1 Å². The van der Waals surface area contributed by atoms with Crippen molar-refractivity contribution in [1.29, 1.82) is 0 Å². The van der Waals surface area contributed by atoms with Crippen LogP contribution in [0.15, 0.2) is 0 Å². The minimum Gasteiger partial charge on any atom is -0.314 e. The van der Waals surface area contributed by atoms with Gasteiger partial charge in [0.05, 0.1) is 5.75 Å². The van der Waals surface area contributed by atoms with Crippen LogP contribution in [-0.4, -0.2) is 57.5 Å². The Bertz CT molecular complexity index is 282. The molecule has 1 heterocycles. The first-order chi connectivity index (χ1) is 7.51. The molecule has 0 aromatic heterocycles. The average molecular weight is 248 g/mol. The summed E-state index contributed by atoms with van der Waals surface area (Å²) in [6.45, 7) is 6.49. The zero-order valence-electron chi connectivity index (χ0n) is 10.4. The molecule has 0 radical (unpaired) electrons. The number of hydrogen-bond donors (Lipinski definition) is 1. The van der Waals surface area contributed by atoms with Gasteiger partial charge in [-0.3, -0.25) is 0 Å². The Hall–Kier alpha value is -0.130. The standard InChI is InChI=1S/C11H24N2O2S/c1-3-13-8-5-11(6-9-13)12-7-4-10-16(2,14)15/h11-12H,3-10H2,1-2H3. The third-order valence-electron chi connectivity index (χ3n) is 3.16. The summed E-state index contributed by atoms with van der Waals surface area (Å²) < 4.78 is 21.9. The smallest absolute Gasteiger partial charge is 0.147 e. The van der Waals surface area contributed by atoms with Crippen LogP contribution in [0.3, 0.4) is 0 Å². The van der Waals surface area contributed by atoms with Crippen molar-refractivity contribution in [2.24, 2.45) is 0 Å². The molecule has 0 saturated carbocycles. The van der Waals surface area contributed by atoms with Crippen LogP contribution in [0.25, 0.3) is 0 Å². The lowest BCUT2D eigenvalue weighted by molar-refractivity contribution is 0.207. The Labute approximate surface area is 99.3 Å². The van der Waals surface area contributed by atoms with E-state index in [1.807, 2.05) is 0 Å². The molecule has 0 aromatic carbocycles. The number of nitrogens with one attached hydrogen (secondary N) is 1. The normalized spacial score (nSPS) is 20.1. The number of likely N-dealkylation sites (tertiary alicyclic amines) is 1. The summed E-state index contributed by atoms with van der Waals surface area (Å²) in [5.41, 5.74) is 0. The van der Waals surface area contributed by atoms with Gasteiger partial charge in [0.15, 0.2) is 0 Å². The summed E-state index contributed by atoms with van der Waals surface area (Å²) in [6.07, 6.45) is 4.40. The fraction of sp³-hybridized carbons (Fsp3) is 1.00. The van der Waals surface area contributed by atoms with Gasteiger partial charge in [-0.25, -0.2) is 8.42 Å². The van der Waals surface area contributed by atoms with Gasteiger partial charge < -0.3 is 10.2 Å². The number of piperidine rings is 1. The highest BCUT2D eigenvalue weighted by Gasteiger charge is 2.16. The molecule has 1 aliphatic heterocycles. The lowest BCUT2D eigenvalue weighted by atomic mass is 10.1. The molecule has 0 aliphatic carbocycles. The second-order valence-electron chi connectivity index (χ2n) is 4.65. The Morgan fingerprint density at radius 1 is 1.31 bits per heavy atom. The molecule has 1 N–H and O–H groups in total. The minimum absolute atomic E-state index is 0.299. The topological polar surface area (TPSA) is 49.4 Å². The third kappa shape index (κ3) is 5.82. The molecular formula is C11H24N2O2S. The molecular weight excluding hydrogens is 224 g/mol. The first kappa shape index (κ1) is 13.9. The highest BCUT2D eigenvalue weighted by atomic mass is 32.2. The monoisotopic (exact) mass is 248 g/mol. The zero-order valence-corrected chi connectivity index (χ0v) is 11.2. The molecule has 0 atom stereocenters. The Morgan fingerprint density at radius 3 is 2.44 bits per heavy atom. The Morgan fingerprint density at radius 2 is 1.94 bits per heavy atom. The van der Waals surface area contributed by atoms with Gasteiger partial charge in [0.25, 0.3) is 0 Å². The first-order valence-corrected chi connectivity index (χ1v) is 8.21. The lowest BCUT2D eigenvalue weighted by Crippen LogP contribution is -2.42. The summed E-state index contributed by atoms with van der Waals surface area (Å²) in [5, 5.41) is 3.45. The van der Waals surface area contributed by atoms with Crippen LogP contribution < -0.4 is 5.32 Å². The van der Waals surface area contributed by atoms with E-state index in [0.29, 0.717) is 11.8 Å². The van der Waals surface area contributed by atoms with Crippen LogP contribution in [0.5, 0.6) is 0 Å². The van der Waals surface area contributed by atoms with Crippen LogP contribution in [0.4, 0.5) is 0 Å². The van der Waals surface area contributed by atoms with Gasteiger partial charge in [0.2, 0.25) is 0 Å². The van der Waals surface area contributed by atoms with E-state index in [1.165, 1.54) is 32.2 Å². The first-order valence-electron chi connectivity index (χ1n) is 6.14. The molecule has 0 bridgehead atoms. The number of sulfone groups is 1. The van der Waals surface area contributed by atoms with Crippen LogP contribution in [0.2, 0.25) is 0 Å². The second-order valence-corrected chi connectivity index (χ2v) is 6.91. The quantitative estimate of drug-likeness (QED) is 0.695. The van der Waals surface area contributed by atoms with E-state index < -0.39 is 9.84 Å². The van der Waals surface area contributed by atoms with Crippen molar-refractivity contribution in [3.05, 3.63) is 0 Å². The molecule has 1 aliphatic rings. The van der Waals surface area contributed by atoms with E-state index in [9.17, 15) is 8.42 Å². The van der Waals surface area contributed by atoms with Crippen molar-refractivity contribution in [2.75, 3.05) is 38.2 Å². The maximum atomic E-state index is 10.9. The fourth-order valence-corrected chi connectivity index (χ4v) is 2.76. The molecule has 0 aromatic rings. The van der Waals surface area contributed by atoms with Crippen molar-refractivity contribution in [1.82, 2.24) is 10.2 Å². The minimum atomic E-state index is -2.79. The molecule has 1 fully saturated rings. The molecule has 1 rings (SSSR count). The summed E-state index contributed by atoms with van der Waals surface area (Å²) in [7, 11) is -2.79. The Balaban J connectivity index is 2.07. The maximum absolute atomic E-state index is 10.9. The maximum Gasteiger partial charge on any atom is 0.147 e. The van der Waals surface area contributed by atoms with E-state index in [4.69, 9.17) is 0 Å². The van der Waals surface area contributed by atoms with Crippen molar-refractivity contribution < 1.29 is 8.42 Å². The predicted molar refractivity (Wildman–Crippen MR) is 67.5 cm³/mol. The molecule has 0 spiro atoms. The van der Waals surface area contributed by atoms with E-state index in [1.54, 1.807) is 0 Å². The molecule has 96 valence electrons. The van der Waals surface area contributed by atoms with Gasteiger partial charge in [-0.2, -0.15) is 0 Å². The number of rotatable bonds is 6. The van der Waals surface area contributed by atoms with E-state index in [0.717, 1.165) is 19.5 Å². The van der Waals surface area contributed by atoms with Crippen molar-refractivity contribution in [2.45, 2.75) is 32.2 Å². The van der Waals surface area contributed by atoms with E-state index in [-0.39, 0.29) is 0 Å². The highest BCUT2D eigenvalue weighted by Crippen LogP contribution is 2.09. The fourth-order valence-electron chi connectivity index (χ4n) is 2.09. The van der Waals surface area contributed by atoms with Crippen LogP contribution >= 0.6 is 0 Å². The van der Waals surface area contributed by atoms with Gasteiger partial charge in [-0.15, -0.1) is 0 Å². The third-order valence-corrected chi connectivity index (χ3v) is 4.19. The molecule has 5 heteroatoms. The molecule has 0 amide bonds. The van der Waals surface area contributed by atoms with Gasteiger partial charge in [-0.05, 0) is 45.4 Å². The largest absolute Gasteiger partial charge is 0.314 e. The number of hydrogen-bond acceptors (Lipinski definition) is 4. The van der Waals surface area contributed by atoms with Crippen molar-refractivity contribution in [3.63, 3.8) is 0 Å². The summed E-state index contributed by atoms with van der Waals surface area (Å²) >= 11 is 0. The SMILES string of the molecule is CCN1CCC(NCCCS(C)(=O)=O)CC1. The van der Waals surface area contributed by atoms with E-state index >= 15 is 0 Å². The molecule has 0 unspecified atom stereocenters. The number of nitrogens with zero attached hydrogens (tertiary/aromatic N) is 1. The van der Waals surface area contributed by atoms with Gasteiger partial charge >= 0.3 is 0 Å². The van der Waals surface area contributed by atoms with Gasteiger partial charge in [0, 0.05) is 12.3 Å². The highest BCUT2D eigenvalue weighted by molar-refractivity contribution is 7.90. The average Bonchev–Trinajstić information content (AvgIpc) is 2.24. The molecule has 4 nitrogen and oxygen atoms in total. The van der Waals surface area contributed by atoms with Gasteiger partial charge in [-0.1, -0.05) is 6.92 Å². The van der Waals surface area contributed by atoms with Gasteiger partial charge in [0.1, 0.15) is 9.84 Å². The molecule has 16 heavy (non-hydrogen) atoms. The van der Waals surface area contributed by atoms with Crippen LogP contribution in [0, 0.1) is 0 Å². The second kappa shape index (κ2) is 6.57. The summed E-state index contributed by atoms with van der Waals surface area (Å²) in [4.78, 5) is 2.45. The summed E-state index contributed by atoms with van der Waals surface area (Å²) in [5.74, 6) is 0.299. The Kier molecular flexibility index (Phi) is 5.72. The summed E-state index contributed by atoms with van der Waals surface area (Å²) in [6, 6.07) is 0.586. The molecule has 1 saturated heterocycles. The lowest BCUT2D eigenvalue weighted by Gasteiger charge is -2.31.